The van der Waals surface area contributed by atoms with Crippen molar-refractivity contribution >= 4 is 11.7 Å². The first-order valence-electron chi connectivity index (χ1n) is 6.29. The van der Waals surface area contributed by atoms with E-state index in [1.54, 1.807) is 0 Å². The minimum absolute atomic E-state index is 0.0527. The van der Waals surface area contributed by atoms with Crippen LogP contribution >= 0.6 is 0 Å². The van der Waals surface area contributed by atoms with Gasteiger partial charge in [0.05, 0.1) is 19.3 Å². The molecule has 0 aliphatic carbocycles. The molecule has 1 fully saturated rings. The van der Waals surface area contributed by atoms with Crippen molar-refractivity contribution < 1.29 is 9.53 Å². The fourth-order valence-corrected chi connectivity index (χ4v) is 2.60. The van der Waals surface area contributed by atoms with E-state index in [9.17, 15) is 4.79 Å². The third-order valence-corrected chi connectivity index (χ3v) is 3.52. The average molecular weight is 247 g/mol. The van der Waals surface area contributed by atoms with Crippen LogP contribution in [-0.2, 0) is 4.74 Å². The summed E-state index contributed by atoms with van der Waals surface area (Å²) in [7, 11) is 0. The highest BCUT2D eigenvalue weighted by Crippen LogP contribution is 2.33. The Morgan fingerprint density at radius 2 is 2.00 bits per heavy atom. The summed E-state index contributed by atoms with van der Waals surface area (Å²) in [5.41, 5.74) is 2.07. The number of carbonyl (C=O) groups is 1. The second-order valence-electron chi connectivity index (χ2n) is 4.60. The van der Waals surface area contributed by atoms with Gasteiger partial charge in [-0.3, -0.25) is 0 Å². The molecule has 3 rings (SSSR count). The van der Waals surface area contributed by atoms with E-state index in [2.05, 4.69) is 23.3 Å². The SMILES string of the molecule is CC1c2ccccc2NC(=O)N1N1CCOCC1. The summed E-state index contributed by atoms with van der Waals surface area (Å²) < 4.78 is 5.33. The van der Waals surface area contributed by atoms with Gasteiger partial charge in [-0.05, 0) is 18.6 Å². The average Bonchev–Trinajstić information content (AvgIpc) is 2.40. The Kier molecular flexibility index (Phi) is 2.93. The van der Waals surface area contributed by atoms with Gasteiger partial charge in [0.15, 0.2) is 0 Å². The van der Waals surface area contributed by atoms with Gasteiger partial charge >= 0.3 is 6.03 Å². The molecule has 2 amide bonds. The topological polar surface area (TPSA) is 44.8 Å². The molecule has 1 N–H and O–H groups in total. The van der Waals surface area contributed by atoms with E-state index in [1.807, 2.05) is 23.2 Å². The summed E-state index contributed by atoms with van der Waals surface area (Å²) in [5, 5.41) is 6.82. The van der Waals surface area contributed by atoms with Crippen molar-refractivity contribution in [2.75, 3.05) is 31.6 Å². The standard InChI is InChI=1S/C13H17N3O2/c1-10-11-4-2-3-5-12(11)14-13(17)16(10)15-6-8-18-9-7-15/h2-5,10H,6-9H2,1H3,(H,14,17). The highest BCUT2D eigenvalue weighted by molar-refractivity contribution is 5.92. The molecule has 1 aromatic rings. The van der Waals surface area contributed by atoms with Gasteiger partial charge < -0.3 is 10.1 Å². The highest BCUT2D eigenvalue weighted by atomic mass is 16.5. The van der Waals surface area contributed by atoms with Crippen LogP contribution in [0.5, 0.6) is 0 Å². The van der Waals surface area contributed by atoms with Crippen LogP contribution in [0.15, 0.2) is 24.3 Å². The van der Waals surface area contributed by atoms with E-state index in [4.69, 9.17) is 4.74 Å². The number of amides is 2. The summed E-state index contributed by atoms with van der Waals surface area (Å²) in [6.07, 6.45) is 0. The van der Waals surface area contributed by atoms with Crippen LogP contribution in [0.2, 0.25) is 0 Å². The van der Waals surface area contributed by atoms with Crippen LogP contribution in [0.3, 0.4) is 0 Å². The van der Waals surface area contributed by atoms with Gasteiger partial charge in [-0.25, -0.2) is 14.8 Å². The fraction of sp³-hybridized carbons (Fsp3) is 0.462. The number of ether oxygens (including phenoxy) is 1. The molecule has 2 aliphatic rings. The molecule has 0 spiro atoms. The molecule has 0 saturated carbocycles. The largest absolute Gasteiger partial charge is 0.379 e. The molecule has 18 heavy (non-hydrogen) atoms. The Bertz CT molecular complexity index is 457. The Labute approximate surface area is 106 Å². The predicted molar refractivity (Wildman–Crippen MR) is 68.1 cm³/mol. The van der Waals surface area contributed by atoms with E-state index < -0.39 is 0 Å². The number of anilines is 1. The number of nitrogens with zero attached hydrogens (tertiary/aromatic N) is 2. The van der Waals surface area contributed by atoms with E-state index in [-0.39, 0.29) is 12.1 Å². The molecule has 1 unspecified atom stereocenters. The Morgan fingerprint density at radius 1 is 1.28 bits per heavy atom. The van der Waals surface area contributed by atoms with Gasteiger partial charge in [0.2, 0.25) is 0 Å². The molecule has 0 bridgehead atoms. The molecule has 1 atom stereocenters. The van der Waals surface area contributed by atoms with Crippen LogP contribution in [0.1, 0.15) is 18.5 Å². The molecule has 5 nitrogen and oxygen atoms in total. The Hall–Kier alpha value is -1.59. The lowest BCUT2D eigenvalue weighted by molar-refractivity contribution is -0.0783. The zero-order valence-electron chi connectivity index (χ0n) is 10.4. The van der Waals surface area contributed by atoms with Crippen molar-refractivity contribution in [1.82, 2.24) is 10.0 Å². The number of urea groups is 1. The Balaban J connectivity index is 1.90. The molecule has 2 aliphatic heterocycles. The van der Waals surface area contributed by atoms with Gasteiger partial charge in [0, 0.05) is 18.8 Å². The normalized spacial score (nSPS) is 24.6. The summed E-state index contributed by atoms with van der Waals surface area (Å²) in [6, 6.07) is 7.96. The quantitative estimate of drug-likeness (QED) is 0.823. The number of hydrogen-bond donors (Lipinski definition) is 1. The van der Waals surface area contributed by atoms with Crippen LogP contribution in [-0.4, -0.2) is 42.4 Å². The lowest BCUT2D eigenvalue weighted by Crippen LogP contribution is -2.55. The van der Waals surface area contributed by atoms with Crippen molar-refractivity contribution in [3.05, 3.63) is 29.8 Å². The number of carbonyl (C=O) groups excluding carboxylic acids is 1. The van der Waals surface area contributed by atoms with E-state index in [1.165, 1.54) is 0 Å². The number of rotatable bonds is 1. The number of nitrogens with one attached hydrogen (secondary N) is 1. The lowest BCUT2D eigenvalue weighted by atomic mass is 10.0. The first-order valence-corrected chi connectivity index (χ1v) is 6.29. The first-order chi connectivity index (χ1) is 8.77. The zero-order valence-corrected chi connectivity index (χ0v) is 10.4. The third kappa shape index (κ3) is 1.85. The number of morpholine rings is 1. The van der Waals surface area contributed by atoms with Gasteiger partial charge in [0.25, 0.3) is 0 Å². The van der Waals surface area contributed by atoms with E-state index >= 15 is 0 Å². The minimum Gasteiger partial charge on any atom is -0.379 e. The van der Waals surface area contributed by atoms with Crippen molar-refractivity contribution in [3.8, 4) is 0 Å². The molecule has 5 heteroatoms. The maximum atomic E-state index is 12.2. The van der Waals surface area contributed by atoms with Crippen LogP contribution < -0.4 is 5.32 Å². The predicted octanol–water partition coefficient (Wildman–Crippen LogP) is 1.84. The maximum absolute atomic E-state index is 12.2. The number of para-hydroxylation sites is 1. The lowest BCUT2D eigenvalue weighted by Gasteiger charge is -2.43. The van der Waals surface area contributed by atoms with Crippen molar-refractivity contribution in [2.45, 2.75) is 13.0 Å². The summed E-state index contributed by atoms with van der Waals surface area (Å²) in [6.45, 7) is 4.95. The molecular weight excluding hydrogens is 230 g/mol. The molecule has 1 aromatic carbocycles. The van der Waals surface area contributed by atoms with Crippen LogP contribution in [0.4, 0.5) is 10.5 Å². The monoisotopic (exact) mass is 247 g/mol. The molecule has 2 heterocycles. The molecule has 1 saturated heterocycles. The highest BCUT2D eigenvalue weighted by Gasteiger charge is 2.33. The summed E-state index contributed by atoms with van der Waals surface area (Å²) >= 11 is 0. The van der Waals surface area contributed by atoms with Crippen LogP contribution in [0, 0.1) is 0 Å². The number of benzene rings is 1. The summed E-state index contributed by atoms with van der Waals surface area (Å²) in [5.74, 6) is 0. The van der Waals surface area contributed by atoms with Gasteiger partial charge in [0.1, 0.15) is 0 Å². The van der Waals surface area contributed by atoms with Crippen molar-refractivity contribution in [2.24, 2.45) is 0 Å². The number of fused-ring (bicyclic) bond motifs is 1. The zero-order chi connectivity index (χ0) is 12.5. The van der Waals surface area contributed by atoms with E-state index in [0.29, 0.717) is 13.2 Å². The fourth-order valence-electron chi connectivity index (χ4n) is 2.60. The Morgan fingerprint density at radius 3 is 2.78 bits per heavy atom. The second kappa shape index (κ2) is 4.59. The number of hydrogen-bond acceptors (Lipinski definition) is 3. The molecule has 0 radical (unpaired) electrons. The van der Waals surface area contributed by atoms with Crippen molar-refractivity contribution in [3.63, 3.8) is 0 Å². The molecule has 96 valence electrons. The van der Waals surface area contributed by atoms with Crippen LogP contribution in [0.25, 0.3) is 0 Å². The molecule has 0 aromatic heterocycles. The minimum atomic E-state index is -0.0527. The van der Waals surface area contributed by atoms with E-state index in [0.717, 1.165) is 24.3 Å². The maximum Gasteiger partial charge on any atom is 0.336 e. The van der Waals surface area contributed by atoms with Gasteiger partial charge in [-0.2, -0.15) is 0 Å². The molecular formula is C13H17N3O2. The van der Waals surface area contributed by atoms with Gasteiger partial charge in [-0.15, -0.1) is 0 Å². The second-order valence-corrected chi connectivity index (χ2v) is 4.60. The number of hydrazine groups is 1. The smallest absolute Gasteiger partial charge is 0.336 e. The summed E-state index contributed by atoms with van der Waals surface area (Å²) in [4.78, 5) is 12.2. The van der Waals surface area contributed by atoms with Gasteiger partial charge in [-0.1, -0.05) is 18.2 Å². The van der Waals surface area contributed by atoms with Crippen molar-refractivity contribution in [1.29, 1.82) is 0 Å². The first kappa shape index (κ1) is 11.5. The third-order valence-electron chi connectivity index (χ3n) is 3.52.